The molecule has 0 fully saturated rings. The molecule has 1 N–H and O–H groups in total. The van der Waals surface area contributed by atoms with Gasteiger partial charge in [-0.2, -0.15) is 8.78 Å². The molecule has 0 spiro atoms. The Balaban J connectivity index is 2.39. The maximum absolute atomic E-state index is 12.8. The molecule has 0 aromatic heterocycles. The first-order valence-corrected chi connectivity index (χ1v) is 5.54. The van der Waals surface area contributed by atoms with E-state index in [2.05, 4.69) is 4.74 Å². The van der Waals surface area contributed by atoms with E-state index in [1.54, 1.807) is 6.07 Å². The van der Waals surface area contributed by atoms with Gasteiger partial charge in [-0.1, -0.05) is 24.3 Å². The Morgan fingerprint density at radius 1 is 1.00 bits per heavy atom. The van der Waals surface area contributed by atoms with Gasteiger partial charge < -0.3 is 9.84 Å². The summed E-state index contributed by atoms with van der Waals surface area (Å²) < 4.78 is 41.7. The average Bonchev–Trinajstić information content (AvgIpc) is 2.39. The minimum atomic E-state index is -2.96. The molecule has 2 aromatic rings. The Hall–Kier alpha value is -2.01. The van der Waals surface area contributed by atoms with Crippen LogP contribution in [0, 0.1) is 5.82 Å². The Bertz CT molecular complexity index is 553. The van der Waals surface area contributed by atoms with E-state index >= 15 is 0 Å². The third-order valence-electron chi connectivity index (χ3n) is 2.63. The van der Waals surface area contributed by atoms with Crippen LogP contribution in [-0.2, 0) is 6.61 Å². The number of aliphatic hydroxyl groups is 1. The lowest BCUT2D eigenvalue weighted by Gasteiger charge is -2.11. The third kappa shape index (κ3) is 3.26. The molecule has 0 aliphatic heterocycles. The fourth-order valence-corrected chi connectivity index (χ4v) is 1.71. The van der Waals surface area contributed by atoms with Gasteiger partial charge in [0.1, 0.15) is 11.6 Å². The maximum Gasteiger partial charge on any atom is 0.387 e. The first-order valence-electron chi connectivity index (χ1n) is 5.54. The summed E-state index contributed by atoms with van der Waals surface area (Å²) in [7, 11) is 0. The first kappa shape index (κ1) is 13.4. The molecule has 2 aromatic carbocycles. The van der Waals surface area contributed by atoms with Crippen LogP contribution in [0.4, 0.5) is 13.2 Å². The minimum Gasteiger partial charge on any atom is -0.434 e. The molecule has 2 nitrogen and oxygen atoms in total. The smallest absolute Gasteiger partial charge is 0.387 e. The van der Waals surface area contributed by atoms with Crippen molar-refractivity contribution in [3.8, 4) is 16.9 Å². The number of hydrogen-bond donors (Lipinski definition) is 1. The van der Waals surface area contributed by atoms with Crippen LogP contribution < -0.4 is 4.74 Å². The normalized spacial score (nSPS) is 10.8. The highest BCUT2D eigenvalue weighted by Crippen LogP contribution is 2.28. The fourth-order valence-electron chi connectivity index (χ4n) is 1.71. The SMILES string of the molecule is OCc1ccc(-c2ccc(F)cc2)cc1OC(F)F. The summed E-state index contributed by atoms with van der Waals surface area (Å²) >= 11 is 0. The average molecular weight is 268 g/mol. The van der Waals surface area contributed by atoms with Crippen LogP contribution in [0.5, 0.6) is 5.75 Å². The molecule has 0 saturated carbocycles. The minimum absolute atomic E-state index is 0.0840. The number of hydrogen-bond acceptors (Lipinski definition) is 2. The van der Waals surface area contributed by atoms with Crippen LogP contribution >= 0.6 is 0 Å². The van der Waals surface area contributed by atoms with Crippen molar-refractivity contribution in [2.45, 2.75) is 13.2 Å². The Labute approximate surface area is 108 Å². The molecule has 0 aliphatic carbocycles. The predicted octanol–water partition coefficient (Wildman–Crippen LogP) is 3.59. The lowest BCUT2D eigenvalue weighted by atomic mass is 10.0. The zero-order valence-corrected chi connectivity index (χ0v) is 9.82. The van der Waals surface area contributed by atoms with E-state index in [0.29, 0.717) is 11.1 Å². The standard InChI is InChI=1S/C14H11F3O2/c15-12-5-3-9(4-6-12)10-1-2-11(8-18)13(7-10)19-14(16)17/h1-7,14,18H,8H2. The van der Waals surface area contributed by atoms with Crippen molar-refractivity contribution in [1.82, 2.24) is 0 Å². The Morgan fingerprint density at radius 3 is 2.21 bits per heavy atom. The molecule has 19 heavy (non-hydrogen) atoms. The number of rotatable bonds is 4. The molecule has 0 radical (unpaired) electrons. The summed E-state index contributed by atoms with van der Waals surface area (Å²) in [6.45, 7) is -3.36. The Kier molecular flexibility index (Phi) is 4.06. The molecule has 0 saturated heterocycles. The molecule has 0 aliphatic rings. The van der Waals surface area contributed by atoms with Crippen LogP contribution in [0.15, 0.2) is 42.5 Å². The van der Waals surface area contributed by atoms with Gasteiger partial charge in [0, 0.05) is 5.56 Å². The molecule has 0 heterocycles. The van der Waals surface area contributed by atoms with Crippen LogP contribution in [0.3, 0.4) is 0 Å². The molecular formula is C14H11F3O2. The summed E-state index contributed by atoms with van der Waals surface area (Å²) in [5.41, 5.74) is 1.55. The molecule has 5 heteroatoms. The van der Waals surface area contributed by atoms with E-state index in [4.69, 9.17) is 5.11 Å². The number of aliphatic hydroxyl groups excluding tert-OH is 1. The van der Waals surface area contributed by atoms with E-state index in [9.17, 15) is 13.2 Å². The van der Waals surface area contributed by atoms with Crippen LogP contribution in [0.25, 0.3) is 11.1 Å². The monoisotopic (exact) mass is 268 g/mol. The van der Waals surface area contributed by atoms with Crippen molar-refractivity contribution in [3.63, 3.8) is 0 Å². The second-order valence-electron chi connectivity index (χ2n) is 3.87. The summed E-state index contributed by atoms with van der Waals surface area (Å²) in [6.07, 6.45) is 0. The zero-order chi connectivity index (χ0) is 13.8. The van der Waals surface area contributed by atoms with Crippen LogP contribution in [0.2, 0.25) is 0 Å². The topological polar surface area (TPSA) is 29.5 Å². The van der Waals surface area contributed by atoms with Crippen molar-refractivity contribution in [3.05, 3.63) is 53.8 Å². The van der Waals surface area contributed by atoms with E-state index in [0.717, 1.165) is 0 Å². The van der Waals surface area contributed by atoms with E-state index in [-0.39, 0.29) is 17.1 Å². The first-order chi connectivity index (χ1) is 9.10. The van der Waals surface area contributed by atoms with Gasteiger partial charge in [-0.25, -0.2) is 4.39 Å². The van der Waals surface area contributed by atoms with Gasteiger partial charge in [-0.05, 0) is 29.3 Å². The van der Waals surface area contributed by atoms with Gasteiger partial charge in [0.2, 0.25) is 0 Å². The van der Waals surface area contributed by atoms with Crippen molar-refractivity contribution < 1.29 is 23.0 Å². The lowest BCUT2D eigenvalue weighted by Crippen LogP contribution is -2.04. The predicted molar refractivity (Wildman–Crippen MR) is 64.4 cm³/mol. The van der Waals surface area contributed by atoms with Gasteiger partial charge in [0.25, 0.3) is 0 Å². The number of halogens is 3. The van der Waals surface area contributed by atoms with E-state index in [1.807, 2.05) is 0 Å². The molecular weight excluding hydrogens is 257 g/mol. The highest BCUT2D eigenvalue weighted by atomic mass is 19.3. The van der Waals surface area contributed by atoms with Crippen molar-refractivity contribution in [2.75, 3.05) is 0 Å². The van der Waals surface area contributed by atoms with Crippen LogP contribution in [0.1, 0.15) is 5.56 Å². The summed E-state index contributed by atoms with van der Waals surface area (Å²) in [4.78, 5) is 0. The van der Waals surface area contributed by atoms with E-state index < -0.39 is 13.2 Å². The number of benzene rings is 2. The van der Waals surface area contributed by atoms with E-state index in [1.165, 1.54) is 36.4 Å². The highest BCUT2D eigenvalue weighted by molar-refractivity contribution is 5.66. The van der Waals surface area contributed by atoms with Gasteiger partial charge in [0.05, 0.1) is 6.61 Å². The van der Waals surface area contributed by atoms with Crippen molar-refractivity contribution >= 4 is 0 Å². The van der Waals surface area contributed by atoms with Crippen LogP contribution in [-0.4, -0.2) is 11.7 Å². The summed E-state index contributed by atoms with van der Waals surface area (Å²) in [6, 6.07) is 10.2. The number of alkyl halides is 2. The quantitative estimate of drug-likeness (QED) is 0.918. The second kappa shape index (κ2) is 5.75. The lowest BCUT2D eigenvalue weighted by molar-refractivity contribution is -0.0509. The molecule has 0 amide bonds. The van der Waals surface area contributed by atoms with Gasteiger partial charge in [0.15, 0.2) is 0 Å². The zero-order valence-electron chi connectivity index (χ0n) is 9.82. The molecule has 0 bridgehead atoms. The summed E-state index contributed by atoms with van der Waals surface area (Å²) in [5.74, 6) is -0.459. The third-order valence-corrected chi connectivity index (χ3v) is 2.63. The molecule has 0 unspecified atom stereocenters. The fraction of sp³-hybridized carbons (Fsp3) is 0.143. The second-order valence-corrected chi connectivity index (χ2v) is 3.87. The highest BCUT2D eigenvalue weighted by Gasteiger charge is 2.11. The maximum atomic E-state index is 12.8. The van der Waals surface area contributed by atoms with Gasteiger partial charge >= 0.3 is 6.61 Å². The molecule has 2 rings (SSSR count). The van der Waals surface area contributed by atoms with Gasteiger partial charge in [-0.15, -0.1) is 0 Å². The molecule has 100 valence electrons. The Morgan fingerprint density at radius 2 is 1.63 bits per heavy atom. The largest absolute Gasteiger partial charge is 0.434 e. The number of ether oxygens (including phenoxy) is 1. The van der Waals surface area contributed by atoms with Crippen molar-refractivity contribution in [2.24, 2.45) is 0 Å². The summed E-state index contributed by atoms with van der Waals surface area (Å²) in [5, 5.41) is 9.05. The van der Waals surface area contributed by atoms with Gasteiger partial charge in [-0.3, -0.25) is 0 Å². The van der Waals surface area contributed by atoms with Crippen molar-refractivity contribution in [1.29, 1.82) is 0 Å². The molecule has 0 atom stereocenters.